The number of hydrogen-bond acceptors (Lipinski definition) is 4. The Morgan fingerprint density at radius 3 is 2.76 bits per heavy atom. The molecular formula is C15H24F2N2OS. The van der Waals surface area contributed by atoms with Gasteiger partial charge in [0.25, 0.3) is 6.43 Å². The molecule has 120 valence electrons. The SMILES string of the molecule is CC(C)Cc1nc(CCOCC(F)F)sc1CNC1CC1. The van der Waals surface area contributed by atoms with Gasteiger partial charge in [-0.3, -0.25) is 0 Å². The van der Waals surface area contributed by atoms with E-state index in [9.17, 15) is 8.78 Å². The number of nitrogens with one attached hydrogen (secondary N) is 1. The standard InChI is InChI=1S/C15H24F2N2OS/c1-10(2)7-12-13(8-18-11-3-4-11)21-15(19-12)5-6-20-9-14(16)17/h10-11,14,18H,3-9H2,1-2H3. The summed E-state index contributed by atoms with van der Waals surface area (Å²) in [7, 11) is 0. The number of alkyl halides is 2. The molecule has 0 bridgehead atoms. The molecule has 1 aromatic rings. The van der Waals surface area contributed by atoms with Gasteiger partial charge in [-0.1, -0.05) is 13.8 Å². The van der Waals surface area contributed by atoms with Gasteiger partial charge >= 0.3 is 0 Å². The second-order valence-electron chi connectivity index (χ2n) is 5.95. The van der Waals surface area contributed by atoms with E-state index in [1.807, 2.05) is 0 Å². The summed E-state index contributed by atoms with van der Waals surface area (Å²) in [6.07, 6.45) is 1.73. The molecule has 2 rings (SSSR count). The summed E-state index contributed by atoms with van der Waals surface area (Å²) in [6, 6.07) is 0.678. The number of ether oxygens (including phenoxy) is 1. The van der Waals surface area contributed by atoms with Gasteiger partial charge in [0.2, 0.25) is 0 Å². The van der Waals surface area contributed by atoms with Crippen LogP contribution >= 0.6 is 11.3 Å². The van der Waals surface area contributed by atoms with Crippen molar-refractivity contribution in [1.29, 1.82) is 0 Å². The highest BCUT2D eigenvalue weighted by Gasteiger charge is 2.21. The first kappa shape index (κ1) is 16.8. The Morgan fingerprint density at radius 2 is 2.14 bits per heavy atom. The third-order valence-electron chi connectivity index (χ3n) is 3.26. The average molecular weight is 318 g/mol. The molecule has 1 aromatic heterocycles. The molecule has 6 heteroatoms. The van der Waals surface area contributed by atoms with Gasteiger partial charge in [-0.15, -0.1) is 11.3 Å². The predicted octanol–water partition coefficient (Wildman–Crippen LogP) is 3.42. The minimum absolute atomic E-state index is 0.314. The van der Waals surface area contributed by atoms with Gasteiger partial charge in [-0.2, -0.15) is 0 Å². The van der Waals surface area contributed by atoms with Crippen molar-refractivity contribution < 1.29 is 13.5 Å². The Labute approximate surface area is 129 Å². The van der Waals surface area contributed by atoms with Crippen LogP contribution in [0.1, 0.15) is 42.3 Å². The zero-order valence-electron chi connectivity index (χ0n) is 12.7. The number of halogens is 2. The monoisotopic (exact) mass is 318 g/mol. The maximum absolute atomic E-state index is 12.0. The summed E-state index contributed by atoms with van der Waals surface area (Å²) >= 11 is 1.69. The molecule has 0 amide bonds. The number of nitrogens with zero attached hydrogens (tertiary/aromatic N) is 1. The van der Waals surface area contributed by atoms with Gasteiger partial charge in [0.05, 0.1) is 17.3 Å². The van der Waals surface area contributed by atoms with E-state index in [1.165, 1.54) is 17.7 Å². The second kappa shape index (κ2) is 8.15. The molecule has 21 heavy (non-hydrogen) atoms. The van der Waals surface area contributed by atoms with Gasteiger partial charge < -0.3 is 10.1 Å². The highest BCUT2D eigenvalue weighted by Crippen LogP contribution is 2.24. The minimum atomic E-state index is -2.39. The Kier molecular flexibility index (Phi) is 6.51. The van der Waals surface area contributed by atoms with E-state index in [-0.39, 0.29) is 0 Å². The zero-order chi connectivity index (χ0) is 15.2. The molecule has 0 aliphatic heterocycles. The van der Waals surface area contributed by atoms with Crippen molar-refractivity contribution in [3.05, 3.63) is 15.6 Å². The van der Waals surface area contributed by atoms with Crippen LogP contribution in [0.15, 0.2) is 0 Å². The molecular weight excluding hydrogens is 294 g/mol. The molecule has 0 spiro atoms. The molecule has 0 saturated heterocycles. The summed E-state index contributed by atoms with van der Waals surface area (Å²) in [5.41, 5.74) is 1.16. The van der Waals surface area contributed by atoms with Gasteiger partial charge in [0.15, 0.2) is 0 Å². The van der Waals surface area contributed by atoms with Gasteiger partial charge in [0.1, 0.15) is 6.61 Å². The van der Waals surface area contributed by atoms with Gasteiger partial charge in [-0.05, 0) is 25.2 Å². The van der Waals surface area contributed by atoms with E-state index < -0.39 is 13.0 Å². The summed E-state index contributed by atoms with van der Waals surface area (Å²) < 4.78 is 29.0. The summed E-state index contributed by atoms with van der Waals surface area (Å²) in [6.45, 7) is 5.07. The maximum atomic E-state index is 12.0. The van der Waals surface area contributed by atoms with Crippen LogP contribution in [0.25, 0.3) is 0 Å². The van der Waals surface area contributed by atoms with Crippen LogP contribution in [0.4, 0.5) is 8.78 Å². The lowest BCUT2D eigenvalue weighted by molar-refractivity contribution is 0.0187. The van der Waals surface area contributed by atoms with Gasteiger partial charge in [0, 0.05) is 23.9 Å². The van der Waals surface area contributed by atoms with Crippen LogP contribution in [-0.4, -0.2) is 30.7 Å². The van der Waals surface area contributed by atoms with E-state index in [1.54, 1.807) is 11.3 Å². The topological polar surface area (TPSA) is 34.1 Å². The second-order valence-corrected chi connectivity index (χ2v) is 7.11. The first-order valence-electron chi connectivity index (χ1n) is 7.61. The van der Waals surface area contributed by atoms with E-state index >= 15 is 0 Å². The van der Waals surface area contributed by atoms with Crippen LogP contribution in [-0.2, 0) is 24.1 Å². The molecule has 0 atom stereocenters. The van der Waals surface area contributed by atoms with E-state index in [0.29, 0.717) is 25.0 Å². The quantitative estimate of drug-likeness (QED) is 0.671. The van der Waals surface area contributed by atoms with E-state index in [2.05, 4.69) is 24.1 Å². The van der Waals surface area contributed by atoms with Crippen molar-refractivity contribution in [2.45, 2.75) is 58.5 Å². The fraction of sp³-hybridized carbons (Fsp3) is 0.800. The molecule has 1 heterocycles. The molecule has 0 unspecified atom stereocenters. The van der Waals surface area contributed by atoms with Crippen molar-refractivity contribution in [3.8, 4) is 0 Å². The largest absolute Gasteiger partial charge is 0.375 e. The smallest absolute Gasteiger partial charge is 0.261 e. The fourth-order valence-corrected chi connectivity index (χ4v) is 3.11. The molecule has 1 aliphatic rings. The summed E-state index contributed by atoms with van der Waals surface area (Å²) in [5.74, 6) is 0.565. The summed E-state index contributed by atoms with van der Waals surface area (Å²) in [4.78, 5) is 5.97. The first-order chi connectivity index (χ1) is 10.0. The number of rotatable bonds is 10. The molecule has 1 saturated carbocycles. The molecule has 3 nitrogen and oxygen atoms in total. The van der Waals surface area contributed by atoms with Crippen LogP contribution in [0, 0.1) is 5.92 Å². The third-order valence-corrected chi connectivity index (χ3v) is 4.41. The zero-order valence-corrected chi connectivity index (χ0v) is 13.5. The van der Waals surface area contributed by atoms with Gasteiger partial charge in [-0.25, -0.2) is 13.8 Å². The Bertz CT molecular complexity index is 433. The lowest BCUT2D eigenvalue weighted by Crippen LogP contribution is -2.15. The molecule has 0 aromatic carbocycles. The van der Waals surface area contributed by atoms with Crippen LogP contribution in [0.2, 0.25) is 0 Å². The van der Waals surface area contributed by atoms with Crippen molar-refractivity contribution in [2.75, 3.05) is 13.2 Å². The average Bonchev–Trinajstić information content (AvgIpc) is 3.15. The molecule has 0 radical (unpaired) electrons. The first-order valence-corrected chi connectivity index (χ1v) is 8.43. The number of thiazole rings is 1. The lowest BCUT2D eigenvalue weighted by Gasteiger charge is -2.05. The number of hydrogen-bond donors (Lipinski definition) is 1. The Morgan fingerprint density at radius 1 is 1.38 bits per heavy atom. The van der Waals surface area contributed by atoms with Crippen LogP contribution < -0.4 is 5.32 Å². The molecule has 1 N–H and O–H groups in total. The Balaban J connectivity index is 1.87. The van der Waals surface area contributed by atoms with E-state index in [0.717, 1.165) is 23.7 Å². The minimum Gasteiger partial charge on any atom is -0.375 e. The van der Waals surface area contributed by atoms with Crippen LogP contribution in [0.5, 0.6) is 0 Å². The van der Waals surface area contributed by atoms with E-state index in [4.69, 9.17) is 4.74 Å². The summed E-state index contributed by atoms with van der Waals surface area (Å²) in [5, 5.41) is 4.52. The third kappa shape index (κ3) is 6.36. The van der Waals surface area contributed by atoms with Crippen LogP contribution in [0.3, 0.4) is 0 Å². The number of aromatic nitrogens is 1. The predicted molar refractivity (Wildman–Crippen MR) is 81.0 cm³/mol. The Hall–Kier alpha value is -0.590. The highest BCUT2D eigenvalue weighted by atomic mass is 32.1. The van der Waals surface area contributed by atoms with Crippen molar-refractivity contribution in [3.63, 3.8) is 0 Å². The molecule has 1 fully saturated rings. The fourth-order valence-electron chi connectivity index (χ4n) is 2.08. The maximum Gasteiger partial charge on any atom is 0.261 e. The highest BCUT2D eigenvalue weighted by molar-refractivity contribution is 7.11. The lowest BCUT2D eigenvalue weighted by atomic mass is 10.1. The van der Waals surface area contributed by atoms with Crippen molar-refractivity contribution >= 4 is 11.3 Å². The van der Waals surface area contributed by atoms with Crippen molar-refractivity contribution in [1.82, 2.24) is 10.3 Å². The normalized spacial score (nSPS) is 15.3. The molecule has 1 aliphatic carbocycles. The van der Waals surface area contributed by atoms with Crippen molar-refractivity contribution in [2.24, 2.45) is 5.92 Å².